The minimum Gasteiger partial charge on any atom is -0.497 e. The van der Waals surface area contributed by atoms with Crippen LogP contribution in [0.2, 0.25) is 0 Å². The number of benzene rings is 1. The minimum atomic E-state index is 0.275. The summed E-state index contributed by atoms with van der Waals surface area (Å²) in [4.78, 5) is 9.73. The molecule has 150 valence electrons. The number of hydrogen-bond acceptors (Lipinski definition) is 4. The van der Waals surface area contributed by atoms with Gasteiger partial charge in [-0.25, -0.2) is 0 Å². The van der Waals surface area contributed by atoms with E-state index in [1.165, 1.54) is 37.8 Å². The predicted molar refractivity (Wildman–Crippen MR) is 111 cm³/mol. The van der Waals surface area contributed by atoms with Crippen LogP contribution in [0.25, 0.3) is 0 Å². The maximum Gasteiger partial charge on any atom is 0.188 e. The highest BCUT2D eigenvalue weighted by molar-refractivity contribution is 5.77. The van der Waals surface area contributed by atoms with Crippen LogP contribution >= 0.6 is 0 Å². The van der Waals surface area contributed by atoms with Gasteiger partial charge in [-0.15, -0.1) is 0 Å². The van der Waals surface area contributed by atoms with Gasteiger partial charge in [0.2, 0.25) is 0 Å². The molecule has 0 aliphatic carbocycles. The van der Waals surface area contributed by atoms with Crippen LogP contribution < -0.4 is 15.8 Å². The molecule has 2 fully saturated rings. The fourth-order valence-electron chi connectivity index (χ4n) is 4.32. The summed E-state index contributed by atoms with van der Waals surface area (Å²) in [5.74, 6) is 1.45. The van der Waals surface area contributed by atoms with Gasteiger partial charge < -0.3 is 15.8 Å². The molecule has 0 saturated carbocycles. The third-order valence-corrected chi connectivity index (χ3v) is 5.94. The number of nitrogens with one attached hydrogen (secondary N) is 1. The maximum absolute atomic E-state index is 6.19. The Balaban J connectivity index is 1.60. The Hall–Kier alpha value is -1.79. The van der Waals surface area contributed by atoms with E-state index < -0.39 is 0 Å². The summed E-state index contributed by atoms with van der Waals surface area (Å²) in [5, 5.41) is 3.35. The first-order valence-corrected chi connectivity index (χ1v) is 10.4. The van der Waals surface area contributed by atoms with Gasteiger partial charge in [-0.3, -0.25) is 14.8 Å². The Bertz CT molecular complexity index is 597. The molecule has 2 aliphatic rings. The number of aliphatic imine (C=N–C) groups is 1. The first-order chi connectivity index (χ1) is 13.2. The number of likely N-dealkylation sites (tertiary alicyclic amines) is 2. The van der Waals surface area contributed by atoms with Crippen LogP contribution in [0.1, 0.15) is 44.2 Å². The number of guanidine groups is 1. The van der Waals surface area contributed by atoms with Crippen molar-refractivity contribution in [3.63, 3.8) is 0 Å². The fraction of sp³-hybridized carbons (Fsp3) is 0.667. The summed E-state index contributed by atoms with van der Waals surface area (Å²) < 4.78 is 5.30. The molecular formula is C21H35N5O. The summed E-state index contributed by atoms with van der Waals surface area (Å²) in [6.45, 7) is 8.38. The lowest BCUT2D eigenvalue weighted by molar-refractivity contribution is 0.251. The van der Waals surface area contributed by atoms with Gasteiger partial charge in [-0.2, -0.15) is 0 Å². The first kappa shape index (κ1) is 20.0. The second-order valence-electron chi connectivity index (χ2n) is 7.56. The molecule has 27 heavy (non-hydrogen) atoms. The van der Waals surface area contributed by atoms with Crippen LogP contribution in [0.3, 0.4) is 0 Å². The van der Waals surface area contributed by atoms with E-state index >= 15 is 0 Å². The van der Waals surface area contributed by atoms with E-state index in [9.17, 15) is 0 Å². The highest BCUT2D eigenvalue weighted by Crippen LogP contribution is 2.27. The van der Waals surface area contributed by atoms with Crippen LogP contribution in [0.5, 0.6) is 5.75 Å². The van der Waals surface area contributed by atoms with Crippen molar-refractivity contribution in [3.05, 3.63) is 29.8 Å². The van der Waals surface area contributed by atoms with Crippen LogP contribution in [-0.4, -0.2) is 68.2 Å². The number of nitrogens with two attached hydrogens (primary N) is 1. The summed E-state index contributed by atoms with van der Waals surface area (Å²) in [6, 6.07) is 9.22. The van der Waals surface area contributed by atoms with Gasteiger partial charge in [-0.1, -0.05) is 19.1 Å². The zero-order valence-electron chi connectivity index (χ0n) is 16.9. The zero-order valence-corrected chi connectivity index (χ0v) is 16.9. The quantitative estimate of drug-likeness (QED) is 0.540. The number of nitrogens with zero attached hydrogens (tertiary/aromatic N) is 3. The Morgan fingerprint density at radius 3 is 2.63 bits per heavy atom. The standard InChI is InChI=1S/C21H35N5O/c1-3-25-14-6-7-18(25)15-23-21(22)24-16-20(26-12-4-5-13-26)17-8-10-19(27-2)11-9-17/h8-11,18,20H,3-7,12-16H2,1-2H3,(H3,22,23,24). The molecule has 2 heterocycles. The van der Waals surface area contributed by atoms with Crippen LogP contribution in [0, 0.1) is 0 Å². The van der Waals surface area contributed by atoms with Gasteiger partial charge >= 0.3 is 0 Å². The van der Waals surface area contributed by atoms with Crippen LogP contribution in [0.4, 0.5) is 0 Å². The highest BCUT2D eigenvalue weighted by atomic mass is 16.5. The van der Waals surface area contributed by atoms with Crippen molar-refractivity contribution in [2.45, 2.75) is 44.7 Å². The van der Waals surface area contributed by atoms with E-state index in [4.69, 9.17) is 15.5 Å². The number of methoxy groups -OCH3 is 1. The maximum atomic E-state index is 6.19. The van der Waals surface area contributed by atoms with Gasteiger partial charge in [0.25, 0.3) is 0 Å². The Kier molecular flexibility index (Phi) is 7.35. The SMILES string of the molecule is CCN1CCCC1CNC(N)=NCC(c1ccc(OC)cc1)N1CCCC1. The van der Waals surface area contributed by atoms with E-state index in [2.05, 4.69) is 34.2 Å². The lowest BCUT2D eigenvalue weighted by Gasteiger charge is -2.27. The van der Waals surface area contributed by atoms with E-state index in [0.29, 0.717) is 18.5 Å². The Morgan fingerprint density at radius 2 is 1.96 bits per heavy atom. The molecule has 2 unspecified atom stereocenters. The highest BCUT2D eigenvalue weighted by Gasteiger charge is 2.24. The van der Waals surface area contributed by atoms with Crippen molar-refractivity contribution in [3.8, 4) is 5.75 Å². The van der Waals surface area contributed by atoms with E-state index in [1.807, 2.05) is 12.1 Å². The van der Waals surface area contributed by atoms with Gasteiger partial charge in [0.15, 0.2) is 5.96 Å². The summed E-state index contributed by atoms with van der Waals surface area (Å²) >= 11 is 0. The number of rotatable bonds is 8. The molecule has 3 N–H and O–H groups in total. The minimum absolute atomic E-state index is 0.275. The third-order valence-electron chi connectivity index (χ3n) is 5.94. The number of likely N-dealkylation sites (N-methyl/N-ethyl adjacent to an activating group) is 1. The van der Waals surface area contributed by atoms with Crippen molar-refractivity contribution in [1.82, 2.24) is 15.1 Å². The molecular weight excluding hydrogens is 338 g/mol. The second kappa shape index (κ2) is 9.95. The van der Waals surface area contributed by atoms with Crippen LogP contribution in [0.15, 0.2) is 29.3 Å². The van der Waals surface area contributed by atoms with E-state index in [-0.39, 0.29) is 6.04 Å². The molecule has 0 bridgehead atoms. The molecule has 0 amide bonds. The topological polar surface area (TPSA) is 66.1 Å². The van der Waals surface area contributed by atoms with Gasteiger partial charge in [0.1, 0.15) is 5.75 Å². The average Bonchev–Trinajstić information content (AvgIpc) is 3.39. The Morgan fingerprint density at radius 1 is 1.22 bits per heavy atom. The molecule has 1 aromatic carbocycles. The average molecular weight is 374 g/mol. The van der Waals surface area contributed by atoms with Crippen molar-refractivity contribution < 1.29 is 4.74 Å². The molecule has 2 aliphatic heterocycles. The second-order valence-corrected chi connectivity index (χ2v) is 7.56. The zero-order chi connectivity index (χ0) is 19.1. The van der Waals surface area contributed by atoms with Crippen molar-refractivity contribution in [1.29, 1.82) is 0 Å². The summed E-state index contributed by atoms with van der Waals surface area (Å²) in [7, 11) is 1.70. The number of ether oxygens (including phenoxy) is 1. The molecule has 6 heteroatoms. The van der Waals surface area contributed by atoms with Crippen molar-refractivity contribution in [2.75, 3.05) is 46.4 Å². The van der Waals surface area contributed by atoms with Gasteiger partial charge in [0.05, 0.1) is 19.7 Å². The van der Waals surface area contributed by atoms with Crippen molar-refractivity contribution in [2.24, 2.45) is 10.7 Å². The smallest absolute Gasteiger partial charge is 0.188 e. The molecule has 0 radical (unpaired) electrons. The molecule has 2 saturated heterocycles. The van der Waals surface area contributed by atoms with Gasteiger partial charge in [0, 0.05) is 12.6 Å². The number of hydrogen-bond donors (Lipinski definition) is 2. The molecule has 0 spiro atoms. The molecule has 0 aromatic heterocycles. The lowest BCUT2D eigenvalue weighted by atomic mass is 10.1. The van der Waals surface area contributed by atoms with Gasteiger partial charge in [-0.05, 0) is 69.6 Å². The summed E-state index contributed by atoms with van der Waals surface area (Å²) in [5.41, 5.74) is 7.47. The molecule has 3 rings (SSSR count). The molecule has 2 atom stereocenters. The molecule has 1 aromatic rings. The molecule has 6 nitrogen and oxygen atoms in total. The first-order valence-electron chi connectivity index (χ1n) is 10.4. The Labute approximate surface area is 163 Å². The van der Waals surface area contributed by atoms with Crippen LogP contribution in [-0.2, 0) is 0 Å². The normalized spacial score (nSPS) is 22.9. The largest absolute Gasteiger partial charge is 0.497 e. The van der Waals surface area contributed by atoms with Crippen molar-refractivity contribution >= 4 is 5.96 Å². The lowest BCUT2D eigenvalue weighted by Crippen LogP contribution is -2.43. The van der Waals surface area contributed by atoms with E-state index in [0.717, 1.165) is 31.9 Å². The fourth-order valence-corrected chi connectivity index (χ4v) is 4.32. The summed E-state index contributed by atoms with van der Waals surface area (Å²) in [6.07, 6.45) is 5.05. The third kappa shape index (κ3) is 5.36. The monoisotopic (exact) mass is 373 g/mol. The predicted octanol–water partition coefficient (Wildman–Crippen LogP) is 2.22. The van der Waals surface area contributed by atoms with E-state index in [1.54, 1.807) is 7.11 Å².